The van der Waals surface area contributed by atoms with E-state index in [2.05, 4.69) is 5.32 Å². The molecule has 5 atom stereocenters. The molecule has 1 aliphatic carbocycles. The molecule has 0 bridgehead atoms. The summed E-state index contributed by atoms with van der Waals surface area (Å²) in [5.74, 6) is -3.93. The maximum Gasteiger partial charge on any atom is 0.303 e. The molecule has 1 amide bonds. The summed E-state index contributed by atoms with van der Waals surface area (Å²) in [7, 11) is 0. The minimum atomic E-state index is -1.12. The van der Waals surface area contributed by atoms with Gasteiger partial charge in [-0.15, -0.1) is 0 Å². The van der Waals surface area contributed by atoms with E-state index >= 15 is 0 Å². The molecule has 1 saturated carbocycles. The van der Waals surface area contributed by atoms with Crippen molar-refractivity contribution in [1.82, 2.24) is 5.32 Å². The molecule has 1 N–H and O–H groups in total. The Bertz CT molecular complexity index is 546. The van der Waals surface area contributed by atoms with E-state index in [9.17, 15) is 24.0 Å². The fraction of sp³-hybridized carbons (Fsp3) is 0.688. The lowest BCUT2D eigenvalue weighted by atomic mass is 10.0. The average Bonchev–Trinajstić information content (AvgIpc) is 2.69. The van der Waals surface area contributed by atoms with Crippen molar-refractivity contribution >= 4 is 29.8 Å². The molecule has 0 saturated heterocycles. The molecule has 10 nitrogen and oxygen atoms in total. The number of carbonyl (C=O) groups is 5. The smallest absolute Gasteiger partial charge is 0.303 e. The molecule has 0 aliphatic heterocycles. The van der Waals surface area contributed by atoms with Gasteiger partial charge in [-0.05, 0) is 0 Å². The number of hydrogen-bond donors (Lipinski definition) is 1. The summed E-state index contributed by atoms with van der Waals surface area (Å²) in [4.78, 5) is 57.3. The van der Waals surface area contributed by atoms with E-state index in [1.807, 2.05) is 0 Å². The zero-order chi connectivity index (χ0) is 20.0. The Labute approximate surface area is 150 Å². The molecule has 0 aromatic heterocycles. The number of rotatable bonds is 6. The molecule has 1 fully saturated rings. The lowest BCUT2D eigenvalue weighted by molar-refractivity contribution is -0.168. The molecular formula is C16H23NO9. The molecule has 26 heavy (non-hydrogen) atoms. The van der Waals surface area contributed by atoms with Gasteiger partial charge in [-0.2, -0.15) is 0 Å². The van der Waals surface area contributed by atoms with Crippen LogP contribution in [0.15, 0.2) is 0 Å². The maximum atomic E-state index is 11.6. The summed E-state index contributed by atoms with van der Waals surface area (Å²) >= 11 is 0. The monoisotopic (exact) mass is 373 g/mol. The van der Waals surface area contributed by atoms with Crippen LogP contribution in [0.3, 0.4) is 0 Å². The number of nitrogens with one attached hydrogen (secondary N) is 1. The summed E-state index contributed by atoms with van der Waals surface area (Å²) < 4.78 is 20.7. The third kappa shape index (κ3) is 6.01. The lowest BCUT2D eigenvalue weighted by Crippen LogP contribution is -2.50. The normalized spacial score (nSPS) is 27.2. The van der Waals surface area contributed by atoms with Crippen molar-refractivity contribution in [2.75, 3.05) is 6.61 Å². The van der Waals surface area contributed by atoms with Gasteiger partial charge in [-0.3, -0.25) is 24.0 Å². The Morgan fingerprint density at radius 3 is 1.58 bits per heavy atom. The first-order valence-corrected chi connectivity index (χ1v) is 7.95. The van der Waals surface area contributed by atoms with Gasteiger partial charge in [-0.25, -0.2) is 0 Å². The first-order valence-electron chi connectivity index (χ1n) is 7.95. The van der Waals surface area contributed by atoms with Crippen LogP contribution in [-0.2, 0) is 42.9 Å². The van der Waals surface area contributed by atoms with Crippen molar-refractivity contribution < 1.29 is 42.9 Å². The van der Waals surface area contributed by atoms with Crippen LogP contribution in [0.4, 0.5) is 0 Å². The fourth-order valence-electron chi connectivity index (χ4n) is 2.92. The number of esters is 4. The third-order valence-corrected chi connectivity index (χ3v) is 3.63. The van der Waals surface area contributed by atoms with Gasteiger partial charge in [0.1, 0.15) is 18.8 Å². The zero-order valence-electron chi connectivity index (χ0n) is 15.3. The SMILES string of the molecule is CC(=O)N[C@@H]1[C@@H](OC(C)=O)[C@H](OC(C)=O)[C@@H](COC(C)=O)[C@@H]1OC(C)=O. The van der Waals surface area contributed by atoms with Crippen molar-refractivity contribution in [3.05, 3.63) is 0 Å². The molecule has 1 aliphatic rings. The number of hydrogen-bond acceptors (Lipinski definition) is 9. The number of ether oxygens (including phenoxy) is 4. The Morgan fingerprint density at radius 1 is 0.692 bits per heavy atom. The second kappa shape index (κ2) is 9.16. The van der Waals surface area contributed by atoms with Gasteiger partial charge in [0.15, 0.2) is 12.2 Å². The largest absolute Gasteiger partial charge is 0.465 e. The van der Waals surface area contributed by atoms with Crippen LogP contribution in [0.25, 0.3) is 0 Å². The van der Waals surface area contributed by atoms with Crippen LogP contribution in [0.1, 0.15) is 34.6 Å². The van der Waals surface area contributed by atoms with Crippen LogP contribution in [-0.4, -0.2) is 60.7 Å². The second-order valence-corrected chi connectivity index (χ2v) is 5.91. The maximum absolute atomic E-state index is 11.6. The molecule has 0 radical (unpaired) electrons. The molecule has 0 aromatic carbocycles. The van der Waals surface area contributed by atoms with Gasteiger partial charge in [0, 0.05) is 34.6 Å². The highest BCUT2D eigenvalue weighted by molar-refractivity contribution is 5.74. The topological polar surface area (TPSA) is 134 Å². The van der Waals surface area contributed by atoms with Crippen molar-refractivity contribution in [3.8, 4) is 0 Å². The molecule has 146 valence electrons. The van der Waals surface area contributed by atoms with Gasteiger partial charge in [-0.1, -0.05) is 0 Å². The predicted molar refractivity (Wildman–Crippen MR) is 84.4 cm³/mol. The highest BCUT2D eigenvalue weighted by Crippen LogP contribution is 2.35. The van der Waals surface area contributed by atoms with Gasteiger partial charge in [0.2, 0.25) is 5.91 Å². The van der Waals surface area contributed by atoms with Crippen molar-refractivity contribution in [1.29, 1.82) is 0 Å². The summed E-state index contributed by atoms with van der Waals surface area (Å²) in [5.41, 5.74) is 0. The molecule has 0 aromatic rings. The van der Waals surface area contributed by atoms with Gasteiger partial charge < -0.3 is 24.3 Å². The van der Waals surface area contributed by atoms with E-state index in [0.717, 1.165) is 20.8 Å². The van der Waals surface area contributed by atoms with E-state index in [1.54, 1.807) is 0 Å². The van der Waals surface area contributed by atoms with Gasteiger partial charge in [0.05, 0.1) is 5.92 Å². The number of amides is 1. The van der Waals surface area contributed by atoms with Gasteiger partial charge in [0.25, 0.3) is 0 Å². The lowest BCUT2D eigenvalue weighted by Gasteiger charge is -2.25. The summed E-state index contributed by atoms with van der Waals surface area (Å²) in [5, 5.41) is 2.55. The van der Waals surface area contributed by atoms with E-state index in [-0.39, 0.29) is 6.61 Å². The highest BCUT2D eigenvalue weighted by atomic mass is 16.6. The Morgan fingerprint density at radius 2 is 1.15 bits per heavy atom. The minimum absolute atomic E-state index is 0.265. The minimum Gasteiger partial charge on any atom is -0.465 e. The summed E-state index contributed by atoms with van der Waals surface area (Å²) in [6.45, 7) is 5.62. The van der Waals surface area contributed by atoms with Crippen LogP contribution in [0.2, 0.25) is 0 Å². The van der Waals surface area contributed by atoms with Crippen LogP contribution < -0.4 is 5.32 Å². The van der Waals surface area contributed by atoms with Crippen molar-refractivity contribution in [2.24, 2.45) is 5.92 Å². The highest BCUT2D eigenvalue weighted by Gasteiger charge is 2.57. The first-order chi connectivity index (χ1) is 12.0. The summed E-state index contributed by atoms with van der Waals surface area (Å²) in [6, 6.07) is -0.981. The molecule has 0 spiro atoms. The van der Waals surface area contributed by atoms with Crippen LogP contribution in [0, 0.1) is 5.92 Å². The summed E-state index contributed by atoms with van der Waals surface area (Å²) in [6.07, 6.45) is -3.24. The van der Waals surface area contributed by atoms with Crippen molar-refractivity contribution in [2.45, 2.75) is 59.0 Å². The van der Waals surface area contributed by atoms with Crippen molar-refractivity contribution in [3.63, 3.8) is 0 Å². The van der Waals surface area contributed by atoms with E-state index in [1.165, 1.54) is 13.8 Å². The molecule has 0 unspecified atom stereocenters. The van der Waals surface area contributed by atoms with E-state index in [4.69, 9.17) is 18.9 Å². The van der Waals surface area contributed by atoms with Crippen LogP contribution in [0.5, 0.6) is 0 Å². The molecular weight excluding hydrogens is 350 g/mol. The third-order valence-electron chi connectivity index (χ3n) is 3.63. The van der Waals surface area contributed by atoms with Gasteiger partial charge >= 0.3 is 23.9 Å². The number of carbonyl (C=O) groups excluding carboxylic acids is 5. The molecule has 10 heteroatoms. The standard InChI is InChI=1S/C16H23NO9/c1-7(18)17-13-14(24-9(3)20)12(6-23-8(2)19)15(25-10(4)21)16(13)26-11(5)22/h12-16H,6H2,1-5H3,(H,17,18)/t12-,13-,14-,15+,16+/m0/s1. The average molecular weight is 373 g/mol. The second-order valence-electron chi connectivity index (χ2n) is 5.91. The predicted octanol–water partition coefficient (Wildman–Crippen LogP) is -0.521. The van der Waals surface area contributed by atoms with Crippen LogP contribution >= 0.6 is 0 Å². The Hall–Kier alpha value is -2.65. The zero-order valence-corrected chi connectivity index (χ0v) is 15.3. The Kier molecular flexibility index (Phi) is 7.54. The van der Waals surface area contributed by atoms with E-state index < -0.39 is 60.1 Å². The quantitative estimate of drug-likeness (QED) is 0.482. The van der Waals surface area contributed by atoms with E-state index in [0.29, 0.717) is 0 Å². The molecule has 1 rings (SSSR count). The first kappa shape index (κ1) is 21.4. The fourth-order valence-corrected chi connectivity index (χ4v) is 2.92. The Balaban J connectivity index is 3.31. The molecule has 0 heterocycles.